The quantitative estimate of drug-likeness (QED) is 0.0642. The summed E-state index contributed by atoms with van der Waals surface area (Å²) in [5.41, 5.74) is 4.63. The summed E-state index contributed by atoms with van der Waals surface area (Å²) in [5.74, 6) is -0.186. The number of allylic oxidation sites excluding steroid dienone is 5. The van der Waals surface area contributed by atoms with Crippen LogP contribution in [0.2, 0.25) is 0 Å². The molecule has 216 valence electrons. The summed E-state index contributed by atoms with van der Waals surface area (Å²) in [7, 11) is 0. The van der Waals surface area contributed by atoms with E-state index < -0.39 is 5.97 Å². The van der Waals surface area contributed by atoms with Crippen molar-refractivity contribution in [1.29, 1.82) is 0 Å². The first-order valence-electron chi connectivity index (χ1n) is 14.4. The lowest BCUT2D eigenvalue weighted by atomic mass is 9.80. The zero-order valence-electron chi connectivity index (χ0n) is 24.2. The molecule has 0 atom stereocenters. The molecule has 2 heterocycles. The fraction of sp³-hybridized carbons (Fsp3) is 0.194. The van der Waals surface area contributed by atoms with Crippen LogP contribution in [0.4, 0.5) is 5.69 Å². The lowest BCUT2D eigenvalue weighted by Gasteiger charge is -2.26. The van der Waals surface area contributed by atoms with Crippen molar-refractivity contribution in [3.05, 3.63) is 114 Å². The van der Waals surface area contributed by atoms with Crippen molar-refractivity contribution < 1.29 is 28.4 Å². The molecular weight excluding hydrogens is 540 g/mol. The minimum Gasteiger partial charge on any atom is -0.481 e. The summed E-state index contributed by atoms with van der Waals surface area (Å²) >= 11 is 0. The van der Waals surface area contributed by atoms with E-state index in [9.17, 15) is 14.7 Å². The molecule has 7 nitrogen and oxygen atoms in total. The summed E-state index contributed by atoms with van der Waals surface area (Å²) in [6, 6.07) is 24.6. The molecule has 6 rings (SSSR count). The molecule has 1 N–H and O–H groups in total. The second kappa shape index (κ2) is 11.6. The largest absolute Gasteiger partial charge is 0.481 e. The van der Waals surface area contributed by atoms with Gasteiger partial charge in [-0.2, -0.15) is 4.57 Å². The van der Waals surface area contributed by atoms with Gasteiger partial charge in [-0.1, -0.05) is 92.7 Å². The van der Waals surface area contributed by atoms with Crippen LogP contribution < -0.4 is 9.47 Å². The number of para-hydroxylation sites is 2. The molecule has 1 aliphatic heterocycles. The van der Waals surface area contributed by atoms with Crippen molar-refractivity contribution in [2.24, 2.45) is 0 Å². The van der Waals surface area contributed by atoms with Gasteiger partial charge in [0.2, 0.25) is 5.58 Å². The van der Waals surface area contributed by atoms with E-state index in [2.05, 4.69) is 67.3 Å². The highest BCUT2D eigenvalue weighted by atomic mass is 16.5. The van der Waals surface area contributed by atoms with Crippen molar-refractivity contribution >= 4 is 56.8 Å². The third-order valence-electron chi connectivity index (χ3n) is 8.13. The highest BCUT2D eigenvalue weighted by Gasteiger charge is 2.42. The van der Waals surface area contributed by atoms with E-state index in [-0.39, 0.29) is 18.4 Å². The van der Waals surface area contributed by atoms with Crippen molar-refractivity contribution in [2.75, 3.05) is 18.1 Å². The maximum Gasteiger partial charge on any atom is 0.374 e. The van der Waals surface area contributed by atoms with Crippen LogP contribution in [0.5, 0.6) is 0 Å². The lowest BCUT2D eigenvalue weighted by molar-refractivity contribution is -0.679. The van der Waals surface area contributed by atoms with Gasteiger partial charge < -0.3 is 19.2 Å². The van der Waals surface area contributed by atoms with Crippen LogP contribution in [0.15, 0.2) is 107 Å². The minimum atomic E-state index is -0.827. The predicted molar refractivity (Wildman–Crippen MR) is 169 cm³/mol. The molecule has 0 amide bonds. The fourth-order valence-electron chi connectivity index (χ4n) is 6.31. The summed E-state index contributed by atoms with van der Waals surface area (Å²) in [6.45, 7) is 5.94. The number of carboxylic acids is 1. The first-order valence-corrected chi connectivity index (χ1v) is 14.4. The summed E-state index contributed by atoms with van der Waals surface area (Å²) < 4.78 is 13.0. The number of carbonyl (C=O) groups is 2. The molecule has 0 aliphatic carbocycles. The number of anilines is 1. The Balaban J connectivity index is 1.39. The molecule has 0 unspecified atom stereocenters. The molecule has 0 bridgehead atoms. The lowest BCUT2D eigenvalue weighted by Crippen LogP contribution is -2.37. The molecule has 1 aliphatic rings. The molecule has 43 heavy (non-hydrogen) atoms. The van der Waals surface area contributed by atoms with E-state index in [4.69, 9.17) is 9.15 Å². The van der Waals surface area contributed by atoms with Crippen LogP contribution in [0.1, 0.15) is 31.7 Å². The first-order chi connectivity index (χ1) is 20.9. The van der Waals surface area contributed by atoms with Crippen molar-refractivity contribution in [3.63, 3.8) is 0 Å². The minimum absolute atomic E-state index is 0.0253. The summed E-state index contributed by atoms with van der Waals surface area (Å²) in [5, 5.41) is 14.3. The number of fused-ring (bicyclic) bond motifs is 7. The van der Waals surface area contributed by atoms with Crippen LogP contribution in [0.3, 0.4) is 0 Å². The number of hydrogen-bond acceptors (Lipinski definition) is 5. The van der Waals surface area contributed by atoms with E-state index in [0.29, 0.717) is 25.5 Å². The molecule has 4 aromatic carbocycles. The summed E-state index contributed by atoms with van der Waals surface area (Å²) in [6.07, 6.45) is 9.83. The Morgan fingerprint density at radius 2 is 1.60 bits per heavy atom. The van der Waals surface area contributed by atoms with Gasteiger partial charge in [0.1, 0.15) is 0 Å². The van der Waals surface area contributed by atoms with Crippen LogP contribution >= 0.6 is 0 Å². The Kier molecular flexibility index (Phi) is 7.55. The molecule has 0 fully saturated rings. The molecule has 5 aromatic rings. The van der Waals surface area contributed by atoms with E-state index in [1.807, 2.05) is 59.2 Å². The van der Waals surface area contributed by atoms with Gasteiger partial charge in [0.15, 0.2) is 13.2 Å². The van der Waals surface area contributed by atoms with Gasteiger partial charge in [-0.3, -0.25) is 9.59 Å². The second-order valence-corrected chi connectivity index (χ2v) is 11.1. The SMILES string of the molecule is CC1(C)C(=CC=CC=Cc2oc3ccccc3[n+]2CCOC=O)N(CCC(=O)O)c2c1c1ccccc1c1ccccc21. The van der Waals surface area contributed by atoms with Crippen molar-refractivity contribution in [1.82, 2.24) is 0 Å². The number of carboxylic acid groups (broad SMARTS) is 1. The smallest absolute Gasteiger partial charge is 0.374 e. The third kappa shape index (κ3) is 5.07. The average Bonchev–Trinajstić information content (AvgIpc) is 3.47. The number of aliphatic carboxylic acids is 1. The van der Waals surface area contributed by atoms with Gasteiger partial charge >= 0.3 is 11.9 Å². The zero-order chi connectivity index (χ0) is 30.0. The number of hydrogen-bond donors (Lipinski definition) is 1. The molecule has 0 saturated heterocycles. The fourth-order valence-corrected chi connectivity index (χ4v) is 6.31. The van der Waals surface area contributed by atoms with Gasteiger partial charge in [0.05, 0.1) is 18.2 Å². The van der Waals surface area contributed by atoms with Crippen LogP contribution in [0.25, 0.3) is 38.7 Å². The van der Waals surface area contributed by atoms with Gasteiger partial charge in [-0.05, 0) is 33.9 Å². The van der Waals surface area contributed by atoms with Gasteiger partial charge in [0.25, 0.3) is 12.0 Å². The normalized spacial score (nSPS) is 15.4. The molecule has 0 saturated carbocycles. The number of ether oxygens (including phenoxy) is 1. The standard InChI is InChI=1S/C36H32N2O5/c1-36(2)31(18-4-3-5-19-32-37(22-23-42-24-39)29-16-10-11-17-30(29)43-32)38(21-20-33(40)41)35-28-15-9-7-13-26(28)25-12-6-8-14-27(25)34(35)36/h3-19,24H,20-23H2,1-2H3/p+1. The molecule has 7 heteroatoms. The van der Waals surface area contributed by atoms with Crippen molar-refractivity contribution in [2.45, 2.75) is 32.2 Å². The summed E-state index contributed by atoms with van der Waals surface area (Å²) in [4.78, 5) is 24.6. The average molecular weight is 574 g/mol. The van der Waals surface area contributed by atoms with E-state index in [0.717, 1.165) is 33.3 Å². The van der Waals surface area contributed by atoms with Crippen LogP contribution in [0, 0.1) is 0 Å². The maximum absolute atomic E-state index is 11.7. The molecule has 1 aromatic heterocycles. The maximum atomic E-state index is 11.7. The zero-order valence-corrected chi connectivity index (χ0v) is 24.2. The Bertz CT molecular complexity index is 1950. The topological polar surface area (TPSA) is 83.9 Å². The highest BCUT2D eigenvalue weighted by molar-refractivity contribution is 6.17. The second-order valence-electron chi connectivity index (χ2n) is 11.1. The monoisotopic (exact) mass is 573 g/mol. The van der Waals surface area contributed by atoms with E-state index >= 15 is 0 Å². The Hall–Kier alpha value is -5.17. The number of aromatic nitrogens is 1. The predicted octanol–water partition coefficient (Wildman–Crippen LogP) is 6.93. The number of carbonyl (C=O) groups excluding carboxylic acids is 1. The van der Waals surface area contributed by atoms with Gasteiger partial charge in [0, 0.05) is 29.1 Å². The molecule has 0 spiro atoms. The Morgan fingerprint density at radius 3 is 2.35 bits per heavy atom. The molecular formula is C36H33N2O5+. The number of oxazole rings is 1. The number of benzene rings is 4. The first kappa shape index (κ1) is 28.0. The van der Waals surface area contributed by atoms with Crippen LogP contribution in [-0.4, -0.2) is 30.7 Å². The number of nitrogens with zero attached hydrogens (tertiary/aromatic N) is 2. The molecule has 0 radical (unpaired) electrons. The third-order valence-corrected chi connectivity index (χ3v) is 8.13. The number of rotatable bonds is 10. The van der Waals surface area contributed by atoms with E-state index in [1.165, 1.54) is 16.3 Å². The van der Waals surface area contributed by atoms with Crippen LogP contribution in [-0.2, 0) is 26.3 Å². The highest BCUT2D eigenvalue weighted by Crippen LogP contribution is 2.54. The Labute approximate surface area is 249 Å². The van der Waals surface area contributed by atoms with Gasteiger partial charge in [-0.25, -0.2) is 0 Å². The van der Waals surface area contributed by atoms with Crippen molar-refractivity contribution in [3.8, 4) is 0 Å². The Morgan fingerprint density at radius 1 is 0.930 bits per heavy atom. The van der Waals surface area contributed by atoms with E-state index in [1.54, 1.807) is 0 Å². The van der Waals surface area contributed by atoms with Gasteiger partial charge in [-0.15, -0.1) is 0 Å².